The second kappa shape index (κ2) is 18.1. The van der Waals surface area contributed by atoms with Crippen LogP contribution in [-0.4, -0.2) is 69.9 Å². The molecule has 0 unspecified atom stereocenters. The number of benzene rings is 1. The second-order valence-electron chi connectivity index (χ2n) is 11.6. The van der Waals surface area contributed by atoms with Crippen molar-refractivity contribution in [2.24, 2.45) is 17.6 Å². The van der Waals surface area contributed by atoms with E-state index < -0.39 is 72.6 Å². The lowest BCUT2D eigenvalue weighted by Gasteiger charge is -2.28. The molecule has 0 fully saturated rings. The number of primary amides is 1. The predicted molar refractivity (Wildman–Crippen MR) is 166 cm³/mol. The molecule has 0 aliphatic heterocycles. The summed E-state index contributed by atoms with van der Waals surface area (Å²) in [7, 11) is 0. The highest BCUT2D eigenvalue weighted by Gasteiger charge is 2.32. The van der Waals surface area contributed by atoms with Crippen molar-refractivity contribution >= 4 is 29.5 Å². The molecule has 0 aliphatic carbocycles. The molecule has 0 radical (unpaired) electrons. The number of rotatable bonds is 17. The van der Waals surface area contributed by atoms with Crippen molar-refractivity contribution in [1.29, 1.82) is 5.26 Å². The van der Waals surface area contributed by atoms with Gasteiger partial charge in [0.2, 0.25) is 23.6 Å². The first kappa shape index (κ1) is 36.4. The van der Waals surface area contributed by atoms with Gasteiger partial charge in [0, 0.05) is 6.20 Å². The van der Waals surface area contributed by atoms with Gasteiger partial charge in [-0.3, -0.25) is 29.0 Å². The zero-order valence-electron chi connectivity index (χ0n) is 26.0. The Hall–Kier alpha value is -4.83. The number of nitrogens with zero attached hydrogens (tertiary/aromatic N) is 2. The van der Waals surface area contributed by atoms with Crippen LogP contribution in [0.1, 0.15) is 63.0 Å². The molecule has 2 rings (SSSR count). The minimum absolute atomic E-state index is 0.0392. The van der Waals surface area contributed by atoms with E-state index in [4.69, 9.17) is 5.73 Å². The first-order chi connectivity index (χ1) is 21.3. The van der Waals surface area contributed by atoms with Crippen molar-refractivity contribution in [2.45, 2.75) is 83.6 Å². The minimum atomic E-state index is -1.42. The third kappa shape index (κ3) is 12.4. The number of nitrogens with one attached hydrogen (secondary N) is 4. The summed E-state index contributed by atoms with van der Waals surface area (Å²) in [6, 6.07) is 11.4. The molecule has 5 atom stereocenters. The summed E-state index contributed by atoms with van der Waals surface area (Å²) in [4.78, 5) is 67.9. The monoisotopic (exact) mass is 621 g/mol. The van der Waals surface area contributed by atoms with Gasteiger partial charge in [-0.1, -0.05) is 64.1 Å². The van der Waals surface area contributed by atoms with Gasteiger partial charge in [-0.2, -0.15) is 5.26 Å². The second-order valence-corrected chi connectivity index (χ2v) is 11.6. The van der Waals surface area contributed by atoms with Crippen LogP contribution in [0.3, 0.4) is 0 Å². The molecule has 0 aliphatic rings. The number of aliphatic hydroxyl groups is 1. The van der Waals surface area contributed by atoms with Crippen molar-refractivity contribution in [3.05, 3.63) is 66.0 Å². The quantitative estimate of drug-likeness (QED) is 0.148. The van der Waals surface area contributed by atoms with Gasteiger partial charge in [-0.05, 0) is 42.4 Å². The van der Waals surface area contributed by atoms with Crippen molar-refractivity contribution < 1.29 is 29.1 Å². The molecule has 0 saturated carbocycles. The maximum Gasteiger partial charge on any atom is 0.270 e. The first-order valence-corrected chi connectivity index (χ1v) is 14.8. The maximum absolute atomic E-state index is 13.4. The van der Waals surface area contributed by atoms with Crippen LogP contribution in [0.5, 0.6) is 0 Å². The Morgan fingerprint density at radius 2 is 1.56 bits per heavy atom. The molecule has 13 nitrogen and oxygen atoms in total. The van der Waals surface area contributed by atoms with Crippen LogP contribution in [0.15, 0.2) is 54.7 Å². The van der Waals surface area contributed by atoms with Gasteiger partial charge in [0.15, 0.2) is 0 Å². The van der Waals surface area contributed by atoms with Gasteiger partial charge in [-0.25, -0.2) is 0 Å². The molecule has 13 heteroatoms. The van der Waals surface area contributed by atoms with Crippen molar-refractivity contribution in [3.63, 3.8) is 0 Å². The summed E-state index contributed by atoms with van der Waals surface area (Å²) in [5.41, 5.74) is 6.31. The highest BCUT2D eigenvalue weighted by molar-refractivity contribution is 5.96. The first-order valence-electron chi connectivity index (χ1n) is 14.8. The number of amides is 5. The standard InChI is InChI=1S/C32H43N7O6/c1-19(2)16-25(29(34)42)38-31(44)23(13-14-33)36-27(41)18-26(40)24(17-21-10-6-5-7-11-21)37-32(45)28(20(3)4)39-30(43)22-12-8-9-15-35-22/h5-12,15,19-20,23-26,28,40H,13,16-18H2,1-4H3,(H2,34,42)(H,36,41)(H,37,45)(H,38,44)(H,39,43)/t23-,24-,25-,26-,28-/m0/s1. The number of hydrogen-bond acceptors (Lipinski definition) is 8. The molecule has 2 aromatic rings. The highest BCUT2D eigenvalue weighted by Crippen LogP contribution is 2.12. The third-order valence-corrected chi connectivity index (χ3v) is 6.93. The van der Waals surface area contributed by atoms with E-state index in [0.717, 1.165) is 5.56 Å². The number of nitriles is 1. The van der Waals surface area contributed by atoms with Crippen molar-refractivity contribution in [1.82, 2.24) is 26.3 Å². The molecule has 7 N–H and O–H groups in total. The maximum atomic E-state index is 13.4. The summed E-state index contributed by atoms with van der Waals surface area (Å²) < 4.78 is 0. The smallest absolute Gasteiger partial charge is 0.270 e. The molecular weight excluding hydrogens is 578 g/mol. The molecule has 1 heterocycles. The minimum Gasteiger partial charge on any atom is -0.390 e. The number of pyridine rings is 1. The molecule has 5 amide bonds. The van der Waals surface area contributed by atoms with Crippen LogP contribution in [0.2, 0.25) is 0 Å². The van der Waals surface area contributed by atoms with E-state index in [1.807, 2.05) is 26.0 Å². The molecule has 0 bridgehead atoms. The van der Waals surface area contributed by atoms with Crippen LogP contribution in [0, 0.1) is 23.2 Å². The largest absolute Gasteiger partial charge is 0.390 e. The van der Waals surface area contributed by atoms with Gasteiger partial charge in [-0.15, -0.1) is 0 Å². The number of aliphatic hydroxyl groups excluding tert-OH is 1. The van der Waals surface area contributed by atoms with Crippen molar-refractivity contribution in [3.8, 4) is 6.07 Å². The van der Waals surface area contributed by atoms with Crippen molar-refractivity contribution in [2.75, 3.05) is 0 Å². The fraction of sp³-hybridized carbons (Fsp3) is 0.469. The number of aromatic nitrogens is 1. The average Bonchev–Trinajstić information content (AvgIpc) is 2.99. The summed E-state index contributed by atoms with van der Waals surface area (Å²) in [5, 5.41) is 30.8. The predicted octanol–water partition coefficient (Wildman–Crippen LogP) is 0.729. The lowest BCUT2D eigenvalue weighted by atomic mass is 9.96. The zero-order valence-corrected chi connectivity index (χ0v) is 26.0. The Balaban J connectivity index is 2.18. The molecule has 1 aromatic heterocycles. The van der Waals surface area contributed by atoms with Gasteiger partial charge in [0.1, 0.15) is 23.8 Å². The Morgan fingerprint density at radius 1 is 0.889 bits per heavy atom. The summed E-state index contributed by atoms with van der Waals surface area (Å²) >= 11 is 0. The van der Waals surface area contributed by atoms with Crippen LogP contribution >= 0.6 is 0 Å². The summed E-state index contributed by atoms with van der Waals surface area (Å²) in [6.07, 6.45) is -0.449. The Morgan fingerprint density at radius 3 is 2.11 bits per heavy atom. The fourth-order valence-electron chi connectivity index (χ4n) is 4.55. The molecule has 242 valence electrons. The lowest BCUT2D eigenvalue weighted by molar-refractivity contribution is -0.132. The third-order valence-electron chi connectivity index (χ3n) is 6.93. The number of carbonyl (C=O) groups is 5. The van der Waals surface area contributed by atoms with E-state index in [9.17, 15) is 34.3 Å². The van der Waals surface area contributed by atoms with E-state index in [2.05, 4.69) is 26.3 Å². The summed E-state index contributed by atoms with van der Waals surface area (Å²) in [5.74, 6) is -3.67. The SMILES string of the molecule is CC(C)C[C@H](NC(=O)[C@H](CC#N)NC(=O)C[C@H](O)[C@H](Cc1ccccc1)NC(=O)[C@@H](NC(=O)c1ccccn1)C(C)C)C(N)=O. The van der Waals surface area contributed by atoms with Gasteiger partial charge in [0.25, 0.3) is 5.91 Å². The number of hydrogen-bond donors (Lipinski definition) is 6. The van der Waals surface area contributed by atoms with Gasteiger partial charge < -0.3 is 32.1 Å². The Bertz CT molecular complexity index is 1330. The Kier molecular flexibility index (Phi) is 14.6. The fourth-order valence-corrected chi connectivity index (χ4v) is 4.55. The molecule has 0 saturated heterocycles. The Labute approximate surface area is 263 Å². The van der Waals surface area contributed by atoms with Crippen LogP contribution < -0.4 is 27.0 Å². The van der Waals surface area contributed by atoms with E-state index >= 15 is 0 Å². The lowest BCUT2D eigenvalue weighted by Crippen LogP contribution is -2.56. The van der Waals surface area contributed by atoms with Gasteiger partial charge in [0.05, 0.1) is 31.1 Å². The average molecular weight is 622 g/mol. The number of carbonyl (C=O) groups excluding carboxylic acids is 5. The van der Waals surface area contributed by atoms with Crippen LogP contribution in [-0.2, 0) is 25.6 Å². The van der Waals surface area contributed by atoms with Crippen LogP contribution in [0.4, 0.5) is 0 Å². The molecule has 1 aromatic carbocycles. The summed E-state index contributed by atoms with van der Waals surface area (Å²) in [6.45, 7) is 7.20. The van der Waals surface area contributed by atoms with E-state index in [0.29, 0.717) is 0 Å². The van der Waals surface area contributed by atoms with E-state index in [1.165, 1.54) is 12.3 Å². The highest BCUT2D eigenvalue weighted by atomic mass is 16.3. The normalized spacial score (nSPS) is 14.3. The van der Waals surface area contributed by atoms with Crippen LogP contribution in [0.25, 0.3) is 0 Å². The molecular formula is C32H43N7O6. The van der Waals surface area contributed by atoms with E-state index in [-0.39, 0.29) is 30.4 Å². The van der Waals surface area contributed by atoms with E-state index in [1.54, 1.807) is 50.2 Å². The van der Waals surface area contributed by atoms with Gasteiger partial charge >= 0.3 is 0 Å². The molecule has 0 spiro atoms. The zero-order chi connectivity index (χ0) is 33.5. The topological polar surface area (TPSA) is 216 Å². The number of nitrogens with two attached hydrogens (primary N) is 1. The molecule has 45 heavy (non-hydrogen) atoms.